The first-order valence-electron chi connectivity index (χ1n) is 8.25. The maximum Gasteiger partial charge on any atom is 0.0438 e. The van der Waals surface area contributed by atoms with E-state index in [1.807, 2.05) is 13.8 Å². The molecule has 0 atom stereocenters. The van der Waals surface area contributed by atoms with Crippen LogP contribution in [0.2, 0.25) is 10.0 Å². The van der Waals surface area contributed by atoms with Gasteiger partial charge in [0.05, 0.1) is 0 Å². The van der Waals surface area contributed by atoms with Crippen LogP contribution in [0, 0.1) is 13.8 Å². The van der Waals surface area contributed by atoms with Gasteiger partial charge in [0, 0.05) is 22.5 Å². The van der Waals surface area contributed by atoms with Gasteiger partial charge in [-0.2, -0.15) is 0 Å². The third kappa shape index (κ3) is 4.97. The summed E-state index contributed by atoms with van der Waals surface area (Å²) in [5, 5.41) is 5.20. The molecule has 0 unspecified atom stereocenters. The molecule has 0 aromatic heterocycles. The van der Waals surface area contributed by atoms with E-state index in [1.54, 1.807) is 0 Å². The molecule has 1 nitrogen and oxygen atoms in total. The molecule has 2 aromatic rings. The second-order valence-corrected chi connectivity index (χ2v) is 6.94. The second-order valence-electron chi connectivity index (χ2n) is 6.13. The molecule has 2 rings (SSSR count). The predicted molar refractivity (Wildman–Crippen MR) is 102 cm³/mol. The Morgan fingerprint density at radius 1 is 0.913 bits per heavy atom. The van der Waals surface area contributed by atoms with Gasteiger partial charge in [-0.1, -0.05) is 60.8 Å². The van der Waals surface area contributed by atoms with E-state index in [0.29, 0.717) is 0 Å². The fourth-order valence-corrected chi connectivity index (χ4v) is 3.01. The molecule has 23 heavy (non-hydrogen) atoms. The van der Waals surface area contributed by atoms with Gasteiger partial charge in [0.1, 0.15) is 0 Å². The van der Waals surface area contributed by atoms with Gasteiger partial charge in [-0.05, 0) is 61.2 Å². The molecule has 0 bridgehead atoms. The molecule has 0 saturated carbocycles. The predicted octanol–water partition coefficient (Wildman–Crippen LogP) is 6.13. The maximum absolute atomic E-state index is 6.34. The SMILES string of the molecule is CCCCNCC(c1ccc(C)c(Cl)c1)c1ccc(C)c(Cl)c1. The maximum atomic E-state index is 6.34. The lowest BCUT2D eigenvalue weighted by Crippen LogP contribution is -2.23. The lowest BCUT2D eigenvalue weighted by atomic mass is 9.90. The first kappa shape index (κ1) is 18.3. The van der Waals surface area contributed by atoms with Crippen molar-refractivity contribution in [3.63, 3.8) is 0 Å². The van der Waals surface area contributed by atoms with Crippen LogP contribution < -0.4 is 5.32 Å². The lowest BCUT2D eigenvalue weighted by molar-refractivity contribution is 0.606. The number of hydrogen-bond acceptors (Lipinski definition) is 1. The Hall–Kier alpha value is -1.02. The Labute approximate surface area is 150 Å². The van der Waals surface area contributed by atoms with Crippen LogP contribution in [-0.2, 0) is 0 Å². The van der Waals surface area contributed by atoms with Crippen LogP contribution in [0.25, 0.3) is 0 Å². The molecule has 0 heterocycles. The minimum absolute atomic E-state index is 0.253. The topological polar surface area (TPSA) is 12.0 Å². The molecule has 0 fully saturated rings. The fourth-order valence-electron chi connectivity index (χ4n) is 2.63. The number of benzene rings is 2. The largest absolute Gasteiger partial charge is 0.316 e. The summed E-state index contributed by atoms with van der Waals surface area (Å²) < 4.78 is 0. The Balaban J connectivity index is 2.29. The number of halogens is 2. The third-order valence-electron chi connectivity index (χ3n) is 4.25. The number of aryl methyl sites for hydroxylation is 2. The average Bonchev–Trinajstić information content (AvgIpc) is 2.53. The van der Waals surface area contributed by atoms with Crippen molar-refractivity contribution in [2.24, 2.45) is 0 Å². The highest BCUT2D eigenvalue weighted by Crippen LogP contribution is 2.30. The van der Waals surface area contributed by atoms with E-state index in [1.165, 1.54) is 24.0 Å². The highest BCUT2D eigenvalue weighted by molar-refractivity contribution is 6.31. The molecule has 0 spiro atoms. The molecular weight excluding hydrogens is 325 g/mol. The summed E-state index contributed by atoms with van der Waals surface area (Å²) in [5.41, 5.74) is 4.67. The van der Waals surface area contributed by atoms with Crippen molar-refractivity contribution in [1.82, 2.24) is 5.32 Å². The third-order valence-corrected chi connectivity index (χ3v) is 5.07. The van der Waals surface area contributed by atoms with E-state index in [0.717, 1.165) is 34.3 Å². The summed E-state index contributed by atoms with van der Waals surface area (Å²) in [6.45, 7) is 8.19. The fraction of sp³-hybridized carbons (Fsp3) is 0.400. The van der Waals surface area contributed by atoms with E-state index in [2.05, 4.69) is 48.6 Å². The number of hydrogen-bond donors (Lipinski definition) is 1. The van der Waals surface area contributed by atoms with Crippen LogP contribution in [0.3, 0.4) is 0 Å². The van der Waals surface area contributed by atoms with Gasteiger partial charge in [-0.15, -0.1) is 0 Å². The van der Waals surface area contributed by atoms with Crippen LogP contribution in [0.4, 0.5) is 0 Å². The standard InChI is InChI=1S/C20H25Cl2N/c1-4-5-10-23-13-18(16-8-6-14(2)19(21)11-16)17-9-7-15(3)20(22)12-17/h6-9,11-12,18,23H,4-5,10,13H2,1-3H3. The average molecular weight is 350 g/mol. The Bertz CT molecular complexity index is 601. The van der Waals surface area contributed by atoms with Crippen molar-refractivity contribution in [3.05, 3.63) is 68.7 Å². The molecule has 3 heteroatoms. The first-order valence-corrected chi connectivity index (χ1v) is 9.01. The minimum Gasteiger partial charge on any atom is -0.316 e. The van der Waals surface area contributed by atoms with Gasteiger partial charge in [0.25, 0.3) is 0 Å². The van der Waals surface area contributed by atoms with Crippen molar-refractivity contribution in [1.29, 1.82) is 0 Å². The summed E-state index contributed by atoms with van der Waals surface area (Å²) >= 11 is 12.7. The zero-order valence-electron chi connectivity index (χ0n) is 14.1. The molecule has 0 amide bonds. The Morgan fingerprint density at radius 3 is 1.87 bits per heavy atom. The van der Waals surface area contributed by atoms with Crippen molar-refractivity contribution in [3.8, 4) is 0 Å². The van der Waals surface area contributed by atoms with Gasteiger partial charge in [0.2, 0.25) is 0 Å². The summed E-state index contributed by atoms with van der Waals surface area (Å²) in [7, 11) is 0. The Kier molecular flexibility index (Phi) is 6.95. The summed E-state index contributed by atoms with van der Waals surface area (Å²) in [6.07, 6.45) is 2.39. The first-order chi connectivity index (χ1) is 11.0. The van der Waals surface area contributed by atoms with Gasteiger partial charge < -0.3 is 5.32 Å². The minimum atomic E-state index is 0.253. The summed E-state index contributed by atoms with van der Waals surface area (Å²) in [5.74, 6) is 0.253. The van der Waals surface area contributed by atoms with Crippen LogP contribution in [-0.4, -0.2) is 13.1 Å². The number of nitrogens with one attached hydrogen (secondary N) is 1. The number of rotatable bonds is 7. The van der Waals surface area contributed by atoms with Crippen LogP contribution in [0.15, 0.2) is 36.4 Å². The van der Waals surface area contributed by atoms with Crippen molar-refractivity contribution in [2.45, 2.75) is 39.5 Å². The zero-order valence-corrected chi connectivity index (χ0v) is 15.6. The van der Waals surface area contributed by atoms with Crippen LogP contribution >= 0.6 is 23.2 Å². The molecule has 2 aromatic carbocycles. The van der Waals surface area contributed by atoms with Crippen molar-refractivity contribution >= 4 is 23.2 Å². The van der Waals surface area contributed by atoms with Gasteiger partial charge in [0.15, 0.2) is 0 Å². The molecule has 0 saturated heterocycles. The van der Waals surface area contributed by atoms with Gasteiger partial charge in [-0.3, -0.25) is 0 Å². The molecule has 124 valence electrons. The van der Waals surface area contributed by atoms with E-state index in [9.17, 15) is 0 Å². The molecule has 1 N–H and O–H groups in total. The Morgan fingerprint density at radius 2 is 1.43 bits per heavy atom. The molecule has 0 radical (unpaired) electrons. The molecular formula is C20H25Cl2N. The molecule has 0 aliphatic rings. The van der Waals surface area contributed by atoms with E-state index in [-0.39, 0.29) is 5.92 Å². The van der Waals surface area contributed by atoms with E-state index in [4.69, 9.17) is 23.2 Å². The lowest BCUT2D eigenvalue weighted by Gasteiger charge is -2.20. The van der Waals surface area contributed by atoms with Gasteiger partial charge >= 0.3 is 0 Å². The normalized spacial score (nSPS) is 11.2. The molecule has 0 aliphatic heterocycles. The summed E-state index contributed by atoms with van der Waals surface area (Å²) in [4.78, 5) is 0. The highest BCUT2D eigenvalue weighted by Gasteiger charge is 2.16. The number of unbranched alkanes of at least 4 members (excludes halogenated alkanes) is 1. The van der Waals surface area contributed by atoms with E-state index >= 15 is 0 Å². The second kappa shape index (κ2) is 8.73. The summed E-state index contributed by atoms with van der Waals surface area (Å²) in [6, 6.07) is 12.7. The van der Waals surface area contributed by atoms with Crippen LogP contribution in [0.1, 0.15) is 47.9 Å². The van der Waals surface area contributed by atoms with Gasteiger partial charge in [-0.25, -0.2) is 0 Å². The van der Waals surface area contributed by atoms with Crippen LogP contribution in [0.5, 0.6) is 0 Å². The highest BCUT2D eigenvalue weighted by atomic mass is 35.5. The smallest absolute Gasteiger partial charge is 0.0438 e. The monoisotopic (exact) mass is 349 g/mol. The van der Waals surface area contributed by atoms with Crippen molar-refractivity contribution < 1.29 is 0 Å². The zero-order chi connectivity index (χ0) is 16.8. The molecule has 0 aliphatic carbocycles. The van der Waals surface area contributed by atoms with E-state index < -0.39 is 0 Å². The van der Waals surface area contributed by atoms with Crippen molar-refractivity contribution in [2.75, 3.05) is 13.1 Å². The quantitative estimate of drug-likeness (QED) is 0.592.